The Morgan fingerprint density at radius 1 is 1.04 bits per heavy atom. The lowest BCUT2D eigenvalue weighted by Gasteiger charge is -2.24. The summed E-state index contributed by atoms with van der Waals surface area (Å²) in [6, 6.07) is 11.4. The highest BCUT2D eigenvalue weighted by Gasteiger charge is 2.33. The van der Waals surface area contributed by atoms with Crippen molar-refractivity contribution in [2.24, 2.45) is 11.1 Å². The third-order valence-electron chi connectivity index (χ3n) is 9.53. The first-order valence-electron chi connectivity index (χ1n) is 16.9. The maximum Gasteiger partial charge on any atom is 0.361 e. The number of carbonyl (C=O) groups is 2. The van der Waals surface area contributed by atoms with Crippen LogP contribution in [0.3, 0.4) is 0 Å². The average molecular weight is 689 g/mol. The van der Waals surface area contributed by atoms with Gasteiger partial charge in [-0.2, -0.15) is 12.7 Å². The van der Waals surface area contributed by atoms with E-state index in [2.05, 4.69) is 32.7 Å². The second-order valence-corrected chi connectivity index (χ2v) is 14.9. The van der Waals surface area contributed by atoms with Crippen LogP contribution >= 0.6 is 0 Å². The van der Waals surface area contributed by atoms with Gasteiger partial charge in [0, 0.05) is 48.2 Å². The summed E-state index contributed by atoms with van der Waals surface area (Å²) >= 11 is 0. The number of ether oxygens (including phenoxy) is 2. The number of allylic oxidation sites excluding steroid dienone is 2. The van der Waals surface area contributed by atoms with Crippen LogP contribution in [0.25, 0.3) is 28.2 Å². The van der Waals surface area contributed by atoms with Gasteiger partial charge in [0.05, 0.1) is 19.4 Å². The Hall–Kier alpha value is -4.42. The summed E-state index contributed by atoms with van der Waals surface area (Å²) in [5, 5.41) is 5.20. The molecule has 6 rings (SSSR count). The van der Waals surface area contributed by atoms with Crippen LogP contribution in [-0.2, 0) is 31.1 Å². The van der Waals surface area contributed by atoms with E-state index in [1.165, 1.54) is 33.2 Å². The smallest absolute Gasteiger partial charge is 0.361 e. The summed E-state index contributed by atoms with van der Waals surface area (Å²) in [5.41, 5.74) is 6.74. The molecule has 260 valence electrons. The molecule has 2 fully saturated rings. The van der Waals surface area contributed by atoms with Crippen molar-refractivity contribution >= 4 is 44.8 Å². The van der Waals surface area contributed by atoms with Gasteiger partial charge in [0.1, 0.15) is 12.9 Å². The molecule has 2 aromatic carbocycles. The van der Waals surface area contributed by atoms with Gasteiger partial charge in [-0.15, -0.1) is 0 Å². The van der Waals surface area contributed by atoms with Crippen molar-refractivity contribution in [1.29, 1.82) is 0 Å². The predicted octanol–water partition coefficient (Wildman–Crippen LogP) is 6.20. The van der Waals surface area contributed by atoms with Crippen LogP contribution in [0.15, 0.2) is 58.8 Å². The Morgan fingerprint density at radius 3 is 2.45 bits per heavy atom. The normalized spacial score (nSPS) is 17.2. The highest BCUT2D eigenvalue weighted by Crippen LogP contribution is 2.48. The summed E-state index contributed by atoms with van der Waals surface area (Å²) in [4.78, 5) is 32.0. The van der Waals surface area contributed by atoms with Crippen LogP contribution in [0.5, 0.6) is 5.75 Å². The predicted molar refractivity (Wildman–Crippen MR) is 190 cm³/mol. The largest absolute Gasteiger partial charge is 0.497 e. The Balaban J connectivity index is 1.62. The van der Waals surface area contributed by atoms with Crippen LogP contribution in [0.2, 0.25) is 0 Å². The van der Waals surface area contributed by atoms with E-state index in [0.717, 1.165) is 76.1 Å². The average Bonchev–Trinajstić information content (AvgIpc) is 3.88. The van der Waals surface area contributed by atoms with Crippen molar-refractivity contribution in [2.45, 2.75) is 64.3 Å². The van der Waals surface area contributed by atoms with Crippen LogP contribution < -0.4 is 9.46 Å². The lowest BCUT2D eigenvalue weighted by atomic mass is 9.81. The fraction of sp³-hybridized carbons (Fsp3) is 0.432. The second-order valence-electron chi connectivity index (χ2n) is 13.0. The number of rotatable bonds is 11. The van der Waals surface area contributed by atoms with Crippen molar-refractivity contribution in [3.05, 3.63) is 70.3 Å². The Kier molecular flexibility index (Phi) is 9.99. The van der Waals surface area contributed by atoms with Gasteiger partial charge in [0.15, 0.2) is 5.71 Å². The highest BCUT2D eigenvalue weighted by atomic mass is 32.2. The molecule has 2 saturated carbocycles. The van der Waals surface area contributed by atoms with Crippen LogP contribution in [0.4, 0.5) is 0 Å². The first-order chi connectivity index (χ1) is 23.6. The molecule has 0 radical (unpaired) electrons. The molecule has 1 aliphatic heterocycles. The molecule has 2 heterocycles. The van der Waals surface area contributed by atoms with Crippen LogP contribution in [-0.4, -0.2) is 69.8 Å². The fourth-order valence-corrected chi connectivity index (χ4v) is 7.47. The number of fused-ring (bicyclic) bond motifs is 5. The molecule has 12 heteroatoms. The number of oxime groups is 1. The van der Waals surface area contributed by atoms with E-state index in [0.29, 0.717) is 23.8 Å². The molecule has 11 nitrogen and oxygen atoms in total. The first kappa shape index (κ1) is 34.4. The summed E-state index contributed by atoms with van der Waals surface area (Å²) in [6.07, 6.45) is 11.7. The van der Waals surface area contributed by atoms with Gasteiger partial charge in [-0.1, -0.05) is 36.6 Å². The van der Waals surface area contributed by atoms with Gasteiger partial charge in [0.2, 0.25) is 0 Å². The second kappa shape index (κ2) is 14.2. The summed E-state index contributed by atoms with van der Waals surface area (Å²) in [7, 11) is 1.78. The van der Waals surface area contributed by atoms with Gasteiger partial charge >= 0.3 is 16.2 Å². The summed E-state index contributed by atoms with van der Waals surface area (Å²) in [6.45, 7) is 2.28. The molecule has 1 aromatic heterocycles. The number of hydrogen-bond donors (Lipinski definition) is 1. The lowest BCUT2D eigenvalue weighted by Crippen LogP contribution is -2.39. The van der Waals surface area contributed by atoms with E-state index in [4.69, 9.17) is 14.3 Å². The van der Waals surface area contributed by atoms with E-state index in [1.807, 2.05) is 18.2 Å². The number of amides is 1. The molecule has 3 aliphatic rings. The number of carbonyl (C=O) groups excluding carboxylic acids is 2. The third-order valence-corrected chi connectivity index (χ3v) is 10.9. The number of aromatic nitrogens is 1. The summed E-state index contributed by atoms with van der Waals surface area (Å²) < 4.78 is 41.6. The van der Waals surface area contributed by atoms with E-state index in [1.54, 1.807) is 26.2 Å². The molecule has 0 saturated heterocycles. The van der Waals surface area contributed by atoms with Gasteiger partial charge < -0.3 is 18.9 Å². The molecule has 3 aromatic rings. The Labute approximate surface area is 287 Å². The zero-order valence-electron chi connectivity index (χ0n) is 28.7. The molecule has 2 aliphatic carbocycles. The van der Waals surface area contributed by atoms with Crippen molar-refractivity contribution in [3.63, 3.8) is 0 Å². The molecule has 49 heavy (non-hydrogen) atoms. The van der Waals surface area contributed by atoms with Gasteiger partial charge in [-0.25, -0.2) is 9.52 Å². The van der Waals surface area contributed by atoms with E-state index in [9.17, 15) is 18.0 Å². The lowest BCUT2D eigenvalue weighted by molar-refractivity contribution is -0.135. The number of hydrogen-bond acceptors (Lipinski definition) is 8. The Bertz CT molecular complexity index is 1980. The molecule has 0 atom stereocenters. The Morgan fingerprint density at radius 2 is 1.80 bits per heavy atom. The van der Waals surface area contributed by atoms with Crippen molar-refractivity contribution in [1.82, 2.24) is 13.6 Å². The molecule has 0 bridgehead atoms. The molecule has 1 amide bonds. The summed E-state index contributed by atoms with van der Waals surface area (Å²) in [5.74, 6) is -0.0135. The quantitative estimate of drug-likeness (QED) is 0.144. The van der Waals surface area contributed by atoms with E-state index in [-0.39, 0.29) is 23.8 Å². The SMILES string of the molecule is CCOC(=O)C(=N/OC)/C(=C/C1CC1)C1=Cc2cc(OC)ccc2-c2c(C3CCCCC3)c3ccc(C(=O)NS(=O)(=O)N(C)C)cc3n2C1. The maximum atomic E-state index is 13.4. The number of nitrogens with one attached hydrogen (secondary N) is 1. The zero-order chi connectivity index (χ0) is 34.9. The minimum atomic E-state index is -4.00. The number of benzene rings is 2. The van der Waals surface area contributed by atoms with Crippen molar-refractivity contribution in [2.75, 3.05) is 34.9 Å². The van der Waals surface area contributed by atoms with Crippen molar-refractivity contribution in [3.8, 4) is 17.0 Å². The number of nitrogens with zero attached hydrogens (tertiary/aromatic N) is 3. The molecule has 0 spiro atoms. The van der Waals surface area contributed by atoms with Crippen LogP contribution in [0, 0.1) is 5.92 Å². The molecular formula is C37H44N4O7S. The van der Waals surface area contributed by atoms with Gasteiger partial charge in [0.25, 0.3) is 5.91 Å². The minimum absolute atomic E-state index is 0.0910. The molecular weight excluding hydrogens is 644 g/mol. The highest BCUT2D eigenvalue weighted by molar-refractivity contribution is 7.87. The maximum absolute atomic E-state index is 13.4. The zero-order valence-corrected chi connectivity index (χ0v) is 29.6. The number of esters is 1. The third kappa shape index (κ3) is 7.02. The van der Waals surface area contributed by atoms with E-state index >= 15 is 0 Å². The van der Waals surface area contributed by atoms with Crippen LogP contribution in [0.1, 0.15) is 79.3 Å². The van der Waals surface area contributed by atoms with E-state index < -0.39 is 22.1 Å². The van der Waals surface area contributed by atoms with Gasteiger partial charge in [-0.3, -0.25) is 4.79 Å². The monoisotopic (exact) mass is 688 g/mol. The van der Waals surface area contributed by atoms with Crippen molar-refractivity contribution < 1.29 is 32.3 Å². The van der Waals surface area contributed by atoms with Gasteiger partial charge in [-0.05, 0) is 97.6 Å². The minimum Gasteiger partial charge on any atom is -0.497 e. The number of methoxy groups -OCH3 is 1. The molecule has 0 unspecified atom stereocenters. The first-order valence-corrected chi connectivity index (χ1v) is 18.3. The fourth-order valence-electron chi connectivity index (χ4n) is 6.94. The topological polar surface area (TPSA) is 129 Å². The standard InChI is InChI=1S/C37H44N4O7S/c1-6-48-37(43)34(38-47-5)31(18-23-12-13-23)27-19-26-20-28(46-4)15-17-29(26)35-33(24-10-8-7-9-11-24)30-16-14-25(21-32(30)41(35)22-27)36(42)39-49(44,45)40(2)3/h14-21,23-24H,6-13,22H2,1-5H3,(H,39,42)/b31-18+,38-34+. The molecule has 1 N–H and O–H groups in total.